The summed E-state index contributed by atoms with van der Waals surface area (Å²) in [5.74, 6) is -3.73. The molecule has 0 aromatic heterocycles. The van der Waals surface area contributed by atoms with Gasteiger partial charge in [-0.15, -0.1) is 0 Å². The van der Waals surface area contributed by atoms with Crippen molar-refractivity contribution in [1.82, 2.24) is 0 Å². The van der Waals surface area contributed by atoms with Crippen LogP contribution in [-0.2, 0) is 5.60 Å². The van der Waals surface area contributed by atoms with Crippen molar-refractivity contribution in [1.29, 1.82) is 0 Å². The summed E-state index contributed by atoms with van der Waals surface area (Å²) in [5.41, 5.74) is -1.52. The van der Waals surface area contributed by atoms with Crippen LogP contribution in [0.25, 0.3) is 0 Å². The van der Waals surface area contributed by atoms with Crippen molar-refractivity contribution in [3.05, 3.63) is 35.1 Å². The molecule has 18 heavy (non-hydrogen) atoms. The van der Waals surface area contributed by atoms with Crippen LogP contribution in [0.5, 0.6) is 0 Å². The smallest absolute Gasteiger partial charge is 0.194 e. The van der Waals surface area contributed by atoms with E-state index in [9.17, 15) is 18.3 Å². The van der Waals surface area contributed by atoms with Crippen LogP contribution in [0.2, 0.25) is 0 Å². The second-order valence-corrected chi connectivity index (χ2v) is 5.43. The predicted molar refractivity (Wildman–Crippen MR) is 62.4 cm³/mol. The Hall–Kier alpha value is -1.03. The second-order valence-electron chi connectivity index (χ2n) is 5.43. The SMILES string of the molecule is CC1CCC(O)(c2ccc(F)c(F)c2F)C(C)C1. The molecule has 4 heteroatoms. The maximum atomic E-state index is 13.8. The molecular formula is C14H17F3O. The van der Waals surface area contributed by atoms with Crippen molar-refractivity contribution in [2.45, 2.75) is 38.7 Å². The van der Waals surface area contributed by atoms with Gasteiger partial charge in [0.1, 0.15) is 0 Å². The molecule has 3 atom stereocenters. The Kier molecular flexibility index (Phi) is 3.41. The zero-order chi connectivity index (χ0) is 13.5. The first-order valence-electron chi connectivity index (χ1n) is 6.22. The number of halogens is 3. The lowest BCUT2D eigenvalue weighted by molar-refractivity contribution is -0.0617. The standard InChI is InChI=1S/C14H17F3O/c1-8-5-6-14(18,9(2)7-8)10-3-4-11(15)13(17)12(10)16/h3-4,8-9,18H,5-7H2,1-2H3. The molecule has 0 heterocycles. The lowest BCUT2D eigenvalue weighted by Gasteiger charge is -2.41. The van der Waals surface area contributed by atoms with Gasteiger partial charge in [-0.25, -0.2) is 13.2 Å². The number of hydrogen-bond acceptors (Lipinski definition) is 1. The van der Waals surface area contributed by atoms with E-state index in [2.05, 4.69) is 6.92 Å². The number of hydrogen-bond donors (Lipinski definition) is 1. The van der Waals surface area contributed by atoms with Crippen LogP contribution in [0.15, 0.2) is 12.1 Å². The van der Waals surface area contributed by atoms with E-state index in [0.29, 0.717) is 12.3 Å². The summed E-state index contributed by atoms with van der Waals surface area (Å²) in [4.78, 5) is 0. The van der Waals surface area contributed by atoms with Gasteiger partial charge in [-0.3, -0.25) is 0 Å². The Bertz CT molecular complexity index is 461. The highest BCUT2D eigenvalue weighted by Gasteiger charge is 2.42. The lowest BCUT2D eigenvalue weighted by atomic mass is 9.69. The van der Waals surface area contributed by atoms with Gasteiger partial charge in [0.05, 0.1) is 5.60 Å². The summed E-state index contributed by atoms with van der Waals surface area (Å²) in [5, 5.41) is 10.6. The lowest BCUT2D eigenvalue weighted by Crippen LogP contribution is -2.39. The Morgan fingerprint density at radius 1 is 1.17 bits per heavy atom. The van der Waals surface area contributed by atoms with Gasteiger partial charge in [0.15, 0.2) is 17.5 Å². The molecule has 1 aromatic rings. The predicted octanol–water partition coefficient (Wildman–Crippen LogP) is 3.75. The van der Waals surface area contributed by atoms with Crippen molar-refractivity contribution in [3.8, 4) is 0 Å². The molecule has 0 saturated heterocycles. The highest BCUT2D eigenvalue weighted by molar-refractivity contribution is 5.27. The number of aliphatic hydroxyl groups is 1. The minimum absolute atomic E-state index is 0.124. The van der Waals surface area contributed by atoms with E-state index < -0.39 is 23.1 Å². The third-order valence-corrected chi connectivity index (χ3v) is 4.09. The van der Waals surface area contributed by atoms with Gasteiger partial charge < -0.3 is 5.11 Å². The van der Waals surface area contributed by atoms with Gasteiger partial charge in [0.25, 0.3) is 0 Å². The summed E-state index contributed by atoms with van der Waals surface area (Å²) in [6.45, 7) is 3.88. The molecule has 1 fully saturated rings. The van der Waals surface area contributed by atoms with E-state index in [1.165, 1.54) is 0 Å². The Balaban J connectivity index is 2.44. The molecule has 0 radical (unpaired) electrons. The van der Waals surface area contributed by atoms with Crippen LogP contribution < -0.4 is 0 Å². The fourth-order valence-corrected chi connectivity index (χ4v) is 2.89. The first kappa shape index (κ1) is 13.4. The van der Waals surface area contributed by atoms with E-state index in [4.69, 9.17) is 0 Å². The second kappa shape index (κ2) is 4.57. The van der Waals surface area contributed by atoms with Crippen LogP contribution in [-0.4, -0.2) is 5.11 Å². The zero-order valence-corrected chi connectivity index (χ0v) is 10.5. The summed E-state index contributed by atoms with van der Waals surface area (Å²) in [6, 6.07) is 2.02. The van der Waals surface area contributed by atoms with Crippen LogP contribution >= 0.6 is 0 Å². The van der Waals surface area contributed by atoms with E-state index in [1.807, 2.05) is 6.92 Å². The quantitative estimate of drug-likeness (QED) is 0.761. The molecule has 3 unspecified atom stereocenters. The molecular weight excluding hydrogens is 241 g/mol. The number of benzene rings is 1. The van der Waals surface area contributed by atoms with Gasteiger partial charge in [-0.2, -0.15) is 0 Å². The van der Waals surface area contributed by atoms with Crippen LogP contribution in [0.3, 0.4) is 0 Å². The maximum absolute atomic E-state index is 13.8. The van der Waals surface area contributed by atoms with Crippen LogP contribution in [0.1, 0.15) is 38.7 Å². The summed E-state index contributed by atoms with van der Waals surface area (Å²) in [6.07, 6.45) is 1.87. The normalized spacial score (nSPS) is 32.6. The maximum Gasteiger partial charge on any atom is 0.194 e. The summed E-state index contributed by atoms with van der Waals surface area (Å²) < 4.78 is 40.0. The monoisotopic (exact) mass is 258 g/mol. The molecule has 1 aromatic carbocycles. The third-order valence-electron chi connectivity index (χ3n) is 4.09. The van der Waals surface area contributed by atoms with Crippen molar-refractivity contribution in [2.75, 3.05) is 0 Å². The van der Waals surface area contributed by atoms with E-state index in [-0.39, 0.29) is 11.5 Å². The van der Waals surface area contributed by atoms with Crippen molar-refractivity contribution in [3.63, 3.8) is 0 Å². The molecule has 0 aliphatic heterocycles. The van der Waals surface area contributed by atoms with E-state index in [1.54, 1.807) is 0 Å². The van der Waals surface area contributed by atoms with Gasteiger partial charge in [-0.05, 0) is 37.2 Å². The highest BCUT2D eigenvalue weighted by atomic mass is 19.2. The first-order chi connectivity index (χ1) is 8.36. The van der Waals surface area contributed by atoms with Crippen LogP contribution in [0, 0.1) is 29.3 Å². The Labute approximate surface area is 105 Å². The highest BCUT2D eigenvalue weighted by Crippen LogP contribution is 2.44. The molecule has 1 saturated carbocycles. The van der Waals surface area contributed by atoms with Crippen molar-refractivity contribution in [2.24, 2.45) is 11.8 Å². The topological polar surface area (TPSA) is 20.2 Å². The third kappa shape index (κ3) is 2.03. The average Bonchev–Trinajstić information content (AvgIpc) is 2.32. The molecule has 2 rings (SSSR count). The largest absolute Gasteiger partial charge is 0.385 e. The molecule has 1 N–H and O–H groups in total. The molecule has 0 spiro atoms. The first-order valence-corrected chi connectivity index (χ1v) is 6.22. The van der Waals surface area contributed by atoms with E-state index in [0.717, 1.165) is 25.0 Å². The molecule has 1 aliphatic rings. The molecule has 100 valence electrons. The van der Waals surface area contributed by atoms with Crippen LogP contribution in [0.4, 0.5) is 13.2 Å². The van der Waals surface area contributed by atoms with Gasteiger partial charge in [-0.1, -0.05) is 19.9 Å². The number of rotatable bonds is 1. The molecule has 0 amide bonds. The minimum Gasteiger partial charge on any atom is -0.385 e. The van der Waals surface area contributed by atoms with Gasteiger partial charge in [0, 0.05) is 5.56 Å². The fourth-order valence-electron chi connectivity index (χ4n) is 2.89. The fraction of sp³-hybridized carbons (Fsp3) is 0.571. The van der Waals surface area contributed by atoms with E-state index >= 15 is 0 Å². The summed E-state index contributed by atoms with van der Waals surface area (Å²) >= 11 is 0. The minimum atomic E-state index is -1.51. The van der Waals surface area contributed by atoms with Crippen molar-refractivity contribution >= 4 is 0 Å². The molecule has 1 aliphatic carbocycles. The molecule has 1 nitrogen and oxygen atoms in total. The Morgan fingerprint density at radius 3 is 2.44 bits per heavy atom. The summed E-state index contributed by atoms with van der Waals surface area (Å²) in [7, 11) is 0. The van der Waals surface area contributed by atoms with Crippen molar-refractivity contribution < 1.29 is 18.3 Å². The van der Waals surface area contributed by atoms with Gasteiger partial charge >= 0.3 is 0 Å². The Morgan fingerprint density at radius 2 is 1.83 bits per heavy atom. The zero-order valence-electron chi connectivity index (χ0n) is 10.5. The average molecular weight is 258 g/mol. The van der Waals surface area contributed by atoms with Gasteiger partial charge in [0.2, 0.25) is 0 Å². The molecule has 0 bridgehead atoms.